The third-order valence-corrected chi connectivity index (χ3v) is 5.49. The van der Waals surface area contributed by atoms with Crippen molar-refractivity contribution in [2.24, 2.45) is 0 Å². The number of ether oxygens (including phenoxy) is 2. The summed E-state index contributed by atoms with van der Waals surface area (Å²) in [5.74, 6) is 3.28. The number of fused-ring (bicyclic) bond motifs is 4. The molecule has 0 atom stereocenters. The minimum Gasteiger partial charge on any atom is -0.458 e. The molecule has 0 amide bonds. The van der Waals surface area contributed by atoms with Crippen molar-refractivity contribution in [3.8, 4) is 40.5 Å². The number of rotatable bonds is 1. The summed E-state index contributed by atoms with van der Waals surface area (Å²) in [6.07, 6.45) is 0. The molecular weight excluding hydrogens is 387 g/mol. The van der Waals surface area contributed by atoms with Gasteiger partial charge in [-0.3, -0.25) is 0 Å². The normalized spacial score (nSPS) is 12.3. The fourth-order valence-electron chi connectivity index (χ4n) is 4.20. The lowest BCUT2D eigenvalue weighted by molar-refractivity contribution is 0.465. The van der Waals surface area contributed by atoms with Gasteiger partial charge in [0.2, 0.25) is 0 Å². The van der Waals surface area contributed by atoms with E-state index in [0.29, 0.717) is 17.1 Å². The van der Waals surface area contributed by atoms with Crippen molar-refractivity contribution in [1.82, 2.24) is 9.97 Å². The quantitative estimate of drug-likeness (QED) is 0.314. The molecule has 7 heteroatoms. The van der Waals surface area contributed by atoms with Crippen LogP contribution in [0.4, 0.5) is 5.82 Å². The van der Waals surface area contributed by atoms with E-state index in [2.05, 4.69) is 26.9 Å². The molecule has 6 rings (SSSR count). The smallest absolute Gasteiger partial charge is 0.274 e. The van der Waals surface area contributed by atoms with E-state index in [1.807, 2.05) is 54.6 Å². The monoisotopic (exact) mass is 398 g/mol. The van der Waals surface area contributed by atoms with Crippen LogP contribution in [0, 0.1) is 17.9 Å². The first kappa shape index (κ1) is 17.3. The fourth-order valence-corrected chi connectivity index (χ4v) is 4.20. The van der Waals surface area contributed by atoms with E-state index < -0.39 is 0 Å². The van der Waals surface area contributed by atoms with Crippen LogP contribution in [-0.4, -0.2) is 16.7 Å². The van der Waals surface area contributed by atoms with Crippen LogP contribution >= 0.6 is 0 Å². The molecule has 0 N–H and O–H groups in total. The standard InChI is InChI=1S/C24H11BN4O2/c1-27-22-12-15(13-26)28-24(29-22)14-10-20-23-21(11-14)31-19-9-5-3-7-17(19)25(23)16-6-2-4-8-18(16)30-20/h2-12H. The van der Waals surface area contributed by atoms with Crippen LogP contribution in [0.3, 0.4) is 0 Å². The zero-order chi connectivity index (χ0) is 20.9. The number of nitrogens with zero attached hydrogens (tertiary/aromatic N) is 4. The Balaban J connectivity index is 1.61. The summed E-state index contributed by atoms with van der Waals surface area (Å²) in [5, 5.41) is 9.29. The maximum atomic E-state index is 9.29. The predicted octanol–water partition coefficient (Wildman–Crippen LogP) is 3.29. The average Bonchev–Trinajstić information content (AvgIpc) is 2.83. The van der Waals surface area contributed by atoms with Gasteiger partial charge < -0.3 is 14.3 Å². The largest absolute Gasteiger partial charge is 0.458 e. The molecule has 0 fully saturated rings. The number of hydrogen-bond donors (Lipinski definition) is 0. The summed E-state index contributed by atoms with van der Waals surface area (Å²) >= 11 is 0. The molecule has 0 aliphatic carbocycles. The molecule has 6 nitrogen and oxygen atoms in total. The topological polar surface area (TPSA) is 72.4 Å². The molecule has 2 aliphatic rings. The number of para-hydroxylation sites is 2. The second kappa shape index (κ2) is 6.45. The van der Waals surface area contributed by atoms with Gasteiger partial charge in [-0.1, -0.05) is 48.0 Å². The summed E-state index contributed by atoms with van der Waals surface area (Å²) in [5.41, 5.74) is 3.87. The van der Waals surface area contributed by atoms with Crippen molar-refractivity contribution < 1.29 is 9.47 Å². The average molecular weight is 398 g/mol. The van der Waals surface area contributed by atoms with Crippen LogP contribution in [0.15, 0.2) is 66.7 Å². The van der Waals surface area contributed by atoms with Gasteiger partial charge in [0.05, 0.1) is 5.56 Å². The second-order valence-corrected chi connectivity index (χ2v) is 7.26. The predicted molar refractivity (Wildman–Crippen MR) is 116 cm³/mol. The van der Waals surface area contributed by atoms with Crippen LogP contribution in [0.1, 0.15) is 5.69 Å². The van der Waals surface area contributed by atoms with Gasteiger partial charge >= 0.3 is 0 Å². The first-order valence-corrected chi connectivity index (χ1v) is 9.63. The Bertz CT molecular complexity index is 1380. The Morgan fingerprint density at radius 3 is 2.03 bits per heavy atom. The molecule has 0 radical (unpaired) electrons. The SMILES string of the molecule is [C-]#[N+]c1cc(C#N)nc(-c2cc3c4c(c2)Oc2ccccc2B4c2ccccc2O3)n1. The summed E-state index contributed by atoms with van der Waals surface area (Å²) < 4.78 is 12.5. The van der Waals surface area contributed by atoms with Crippen LogP contribution in [0.2, 0.25) is 0 Å². The van der Waals surface area contributed by atoms with Gasteiger partial charge in [0.25, 0.3) is 18.4 Å². The van der Waals surface area contributed by atoms with Gasteiger partial charge in [-0.05, 0) is 35.2 Å². The lowest BCUT2D eigenvalue weighted by Gasteiger charge is -2.33. The van der Waals surface area contributed by atoms with E-state index in [-0.39, 0.29) is 24.0 Å². The van der Waals surface area contributed by atoms with Crippen molar-refractivity contribution in [2.75, 3.05) is 0 Å². The Kier molecular flexibility index (Phi) is 3.59. The van der Waals surface area contributed by atoms with Crippen molar-refractivity contribution in [1.29, 1.82) is 5.26 Å². The van der Waals surface area contributed by atoms with Gasteiger partial charge in [-0.15, -0.1) is 0 Å². The molecule has 1 aromatic heterocycles. The molecule has 3 aromatic carbocycles. The number of hydrogen-bond acceptors (Lipinski definition) is 5. The van der Waals surface area contributed by atoms with Crippen molar-refractivity contribution in [3.05, 3.63) is 83.8 Å². The number of benzene rings is 3. The minimum atomic E-state index is -0.0147. The van der Waals surface area contributed by atoms with Crippen molar-refractivity contribution in [3.63, 3.8) is 0 Å². The maximum absolute atomic E-state index is 9.29. The first-order chi connectivity index (χ1) is 15.2. The zero-order valence-electron chi connectivity index (χ0n) is 16.0. The van der Waals surface area contributed by atoms with E-state index in [0.717, 1.165) is 27.9 Å². The second-order valence-electron chi connectivity index (χ2n) is 7.26. The van der Waals surface area contributed by atoms with E-state index in [1.165, 1.54) is 6.07 Å². The van der Waals surface area contributed by atoms with E-state index in [1.54, 1.807) is 0 Å². The van der Waals surface area contributed by atoms with Gasteiger partial charge in [0.15, 0.2) is 0 Å². The molecule has 0 spiro atoms. The van der Waals surface area contributed by atoms with Gasteiger partial charge in [0.1, 0.15) is 34.8 Å². The maximum Gasteiger partial charge on any atom is 0.274 e. The molecule has 0 saturated heterocycles. The highest BCUT2D eigenvalue weighted by molar-refractivity contribution is 6.98. The summed E-state index contributed by atoms with van der Waals surface area (Å²) in [4.78, 5) is 11.9. The summed E-state index contributed by atoms with van der Waals surface area (Å²) in [7, 11) is 0. The van der Waals surface area contributed by atoms with Crippen LogP contribution in [0.5, 0.6) is 23.0 Å². The minimum absolute atomic E-state index is 0.0147. The molecular formula is C24H11BN4O2. The molecule has 2 aliphatic heterocycles. The highest BCUT2D eigenvalue weighted by Gasteiger charge is 2.40. The summed E-state index contributed by atoms with van der Waals surface area (Å²) in [6.45, 7) is 7.26. The van der Waals surface area contributed by atoms with Crippen molar-refractivity contribution >= 4 is 28.9 Å². The zero-order valence-corrected chi connectivity index (χ0v) is 16.0. The number of aromatic nitrogens is 2. The van der Waals surface area contributed by atoms with Gasteiger partial charge in [0, 0.05) is 11.5 Å². The molecule has 142 valence electrons. The first-order valence-electron chi connectivity index (χ1n) is 9.63. The lowest BCUT2D eigenvalue weighted by atomic mass is 9.35. The third-order valence-electron chi connectivity index (χ3n) is 5.49. The van der Waals surface area contributed by atoms with Crippen molar-refractivity contribution in [2.45, 2.75) is 0 Å². The van der Waals surface area contributed by atoms with Crippen LogP contribution in [-0.2, 0) is 0 Å². The van der Waals surface area contributed by atoms with E-state index >= 15 is 0 Å². The van der Waals surface area contributed by atoms with Gasteiger partial charge in [-0.2, -0.15) is 10.2 Å². The Morgan fingerprint density at radius 2 is 1.45 bits per heavy atom. The Hall–Kier alpha value is -4.62. The molecule has 0 unspecified atom stereocenters. The fraction of sp³-hybridized carbons (Fsp3) is 0. The Labute approximate surface area is 178 Å². The molecule has 0 bridgehead atoms. The van der Waals surface area contributed by atoms with Gasteiger partial charge in [-0.25, -0.2) is 0 Å². The van der Waals surface area contributed by atoms with Crippen LogP contribution in [0.25, 0.3) is 16.2 Å². The Morgan fingerprint density at radius 1 is 0.839 bits per heavy atom. The molecule has 4 aromatic rings. The lowest BCUT2D eigenvalue weighted by Crippen LogP contribution is -2.57. The molecule has 3 heterocycles. The molecule has 0 saturated carbocycles. The van der Waals surface area contributed by atoms with E-state index in [9.17, 15) is 5.26 Å². The number of nitriles is 1. The summed E-state index contributed by atoms with van der Waals surface area (Å²) in [6, 6.07) is 23.0. The molecule has 31 heavy (non-hydrogen) atoms. The van der Waals surface area contributed by atoms with E-state index in [4.69, 9.17) is 16.0 Å². The van der Waals surface area contributed by atoms with Crippen LogP contribution < -0.4 is 25.9 Å². The highest BCUT2D eigenvalue weighted by Crippen LogP contribution is 2.37. The highest BCUT2D eigenvalue weighted by atomic mass is 16.5. The third kappa shape index (κ3) is 2.58.